The number of hydrogen-bond acceptors (Lipinski definition) is 4. The van der Waals surface area contributed by atoms with Crippen LogP contribution in [0.25, 0.3) is 22.6 Å². The van der Waals surface area contributed by atoms with Crippen LogP contribution in [0.1, 0.15) is 0 Å². The monoisotopic (exact) mass is 324 g/mol. The number of aromatic nitrogens is 4. The van der Waals surface area contributed by atoms with Gasteiger partial charge in [-0.05, 0) is 36.4 Å². The quantitative estimate of drug-likeness (QED) is 0.616. The molecule has 2 aromatic heterocycles. The Balaban J connectivity index is 1.83. The highest BCUT2D eigenvalue weighted by Gasteiger charge is 2.15. The van der Waals surface area contributed by atoms with Gasteiger partial charge in [0.1, 0.15) is 11.3 Å². The maximum Gasteiger partial charge on any atom is 0.249 e. The summed E-state index contributed by atoms with van der Waals surface area (Å²) in [7, 11) is 0. The maximum atomic E-state index is 13.8. The Morgan fingerprint density at radius 2 is 1.71 bits per heavy atom. The number of imidazole rings is 1. The average molecular weight is 324 g/mol. The summed E-state index contributed by atoms with van der Waals surface area (Å²) in [6.45, 7) is 0. The SMILES string of the molecule is Fc1ccc(-c2nc(Oc3ccccc3F)c3[nH]cnc3n2)cc1. The Bertz CT molecular complexity index is 1010. The minimum Gasteiger partial charge on any atom is -0.434 e. The van der Waals surface area contributed by atoms with Crippen molar-refractivity contribution in [1.82, 2.24) is 19.9 Å². The average Bonchev–Trinajstić information content (AvgIpc) is 3.06. The lowest BCUT2D eigenvalue weighted by molar-refractivity contribution is 0.431. The Morgan fingerprint density at radius 1 is 0.917 bits per heavy atom. The zero-order valence-electron chi connectivity index (χ0n) is 12.2. The second-order valence-corrected chi connectivity index (χ2v) is 4.99. The van der Waals surface area contributed by atoms with Crippen LogP contribution in [-0.2, 0) is 0 Å². The lowest BCUT2D eigenvalue weighted by Gasteiger charge is -2.08. The van der Waals surface area contributed by atoms with E-state index in [1.54, 1.807) is 24.3 Å². The first-order chi connectivity index (χ1) is 11.7. The van der Waals surface area contributed by atoms with Gasteiger partial charge >= 0.3 is 0 Å². The number of nitrogens with one attached hydrogen (secondary N) is 1. The lowest BCUT2D eigenvalue weighted by atomic mass is 10.2. The minimum absolute atomic E-state index is 0.0390. The van der Waals surface area contributed by atoms with Gasteiger partial charge in [0.2, 0.25) is 5.88 Å². The van der Waals surface area contributed by atoms with Crippen molar-refractivity contribution in [3.05, 3.63) is 66.5 Å². The van der Waals surface area contributed by atoms with Gasteiger partial charge < -0.3 is 9.72 Å². The molecule has 0 saturated heterocycles. The van der Waals surface area contributed by atoms with E-state index in [1.165, 1.54) is 30.6 Å². The molecule has 0 saturated carbocycles. The summed E-state index contributed by atoms with van der Waals surface area (Å²) in [5.41, 5.74) is 1.42. The molecule has 0 fully saturated rings. The van der Waals surface area contributed by atoms with Crippen LogP contribution in [0.3, 0.4) is 0 Å². The standard InChI is InChI=1S/C17H10F2N4O/c18-11-7-5-10(6-8-11)15-22-16-14(20-9-21-16)17(23-15)24-13-4-2-1-3-12(13)19/h1-9H,(H,20,21,22,23). The van der Waals surface area contributed by atoms with Gasteiger partial charge in [-0.1, -0.05) is 12.1 Å². The number of nitrogens with zero attached hydrogens (tertiary/aromatic N) is 3. The number of hydrogen-bond donors (Lipinski definition) is 1. The molecule has 2 heterocycles. The van der Waals surface area contributed by atoms with Crippen LogP contribution in [0, 0.1) is 11.6 Å². The smallest absolute Gasteiger partial charge is 0.249 e. The number of para-hydroxylation sites is 1. The van der Waals surface area contributed by atoms with Crippen LogP contribution in [-0.4, -0.2) is 19.9 Å². The van der Waals surface area contributed by atoms with E-state index >= 15 is 0 Å². The Hall–Kier alpha value is -3.35. The fourth-order valence-electron chi connectivity index (χ4n) is 2.24. The molecule has 118 valence electrons. The molecule has 0 unspecified atom stereocenters. The largest absolute Gasteiger partial charge is 0.434 e. The van der Waals surface area contributed by atoms with E-state index in [2.05, 4.69) is 19.9 Å². The summed E-state index contributed by atoms with van der Waals surface area (Å²) >= 11 is 0. The van der Waals surface area contributed by atoms with Gasteiger partial charge in [-0.2, -0.15) is 4.98 Å². The predicted molar refractivity (Wildman–Crippen MR) is 83.6 cm³/mol. The number of H-pyrrole nitrogens is 1. The molecule has 0 spiro atoms. The van der Waals surface area contributed by atoms with E-state index in [4.69, 9.17) is 4.74 Å². The van der Waals surface area contributed by atoms with Crippen molar-refractivity contribution >= 4 is 11.2 Å². The predicted octanol–water partition coefficient (Wildman–Crippen LogP) is 4.09. The molecule has 0 aliphatic heterocycles. The van der Waals surface area contributed by atoms with E-state index in [0.29, 0.717) is 22.6 Å². The molecule has 24 heavy (non-hydrogen) atoms. The third kappa shape index (κ3) is 2.56. The van der Waals surface area contributed by atoms with Crippen molar-refractivity contribution in [2.24, 2.45) is 0 Å². The molecule has 4 aromatic rings. The van der Waals surface area contributed by atoms with Gasteiger partial charge in [-0.15, -0.1) is 0 Å². The third-order valence-electron chi connectivity index (χ3n) is 3.40. The van der Waals surface area contributed by atoms with Crippen molar-refractivity contribution < 1.29 is 13.5 Å². The molecule has 0 radical (unpaired) electrons. The van der Waals surface area contributed by atoms with Gasteiger partial charge in [-0.3, -0.25) is 0 Å². The molecular weight excluding hydrogens is 314 g/mol. The van der Waals surface area contributed by atoms with Crippen molar-refractivity contribution in [3.8, 4) is 23.0 Å². The van der Waals surface area contributed by atoms with Crippen LogP contribution in [0.15, 0.2) is 54.9 Å². The van der Waals surface area contributed by atoms with E-state index in [0.717, 1.165) is 0 Å². The molecule has 4 rings (SSSR count). The number of rotatable bonds is 3. The molecule has 0 bridgehead atoms. The molecule has 0 aliphatic rings. The normalized spacial score (nSPS) is 10.9. The fraction of sp³-hybridized carbons (Fsp3) is 0. The zero-order chi connectivity index (χ0) is 16.5. The van der Waals surface area contributed by atoms with E-state index in [9.17, 15) is 8.78 Å². The first-order valence-corrected chi connectivity index (χ1v) is 7.10. The summed E-state index contributed by atoms with van der Waals surface area (Å²) in [6.07, 6.45) is 1.45. The van der Waals surface area contributed by atoms with Gasteiger partial charge in [0.25, 0.3) is 0 Å². The topological polar surface area (TPSA) is 63.7 Å². The van der Waals surface area contributed by atoms with E-state index in [-0.39, 0.29) is 17.4 Å². The van der Waals surface area contributed by atoms with Crippen molar-refractivity contribution in [2.75, 3.05) is 0 Å². The molecule has 1 N–H and O–H groups in total. The Morgan fingerprint density at radius 3 is 2.50 bits per heavy atom. The molecule has 0 atom stereocenters. The van der Waals surface area contributed by atoms with Crippen molar-refractivity contribution in [1.29, 1.82) is 0 Å². The van der Waals surface area contributed by atoms with E-state index < -0.39 is 5.82 Å². The van der Waals surface area contributed by atoms with Gasteiger partial charge in [-0.25, -0.2) is 18.7 Å². The molecule has 7 heteroatoms. The number of fused-ring (bicyclic) bond motifs is 1. The Labute approximate surface area is 135 Å². The Kier molecular flexibility index (Phi) is 3.38. The minimum atomic E-state index is -0.507. The zero-order valence-corrected chi connectivity index (χ0v) is 12.2. The van der Waals surface area contributed by atoms with Gasteiger partial charge in [0.05, 0.1) is 6.33 Å². The summed E-state index contributed by atoms with van der Waals surface area (Å²) in [4.78, 5) is 15.6. The summed E-state index contributed by atoms with van der Waals surface area (Å²) < 4.78 is 32.5. The summed E-state index contributed by atoms with van der Waals surface area (Å²) in [5.74, 6) is -0.380. The van der Waals surface area contributed by atoms with Gasteiger partial charge in [0, 0.05) is 5.56 Å². The molecule has 0 amide bonds. The molecule has 0 aliphatic carbocycles. The van der Waals surface area contributed by atoms with Crippen LogP contribution >= 0.6 is 0 Å². The first kappa shape index (κ1) is 14.3. The van der Waals surface area contributed by atoms with Crippen LogP contribution in [0.5, 0.6) is 11.6 Å². The second kappa shape index (κ2) is 5.69. The highest BCUT2D eigenvalue weighted by molar-refractivity contribution is 5.78. The molecular formula is C17H10F2N4O. The van der Waals surface area contributed by atoms with Gasteiger partial charge in [0.15, 0.2) is 23.0 Å². The molecule has 2 aromatic carbocycles. The highest BCUT2D eigenvalue weighted by atomic mass is 19.1. The first-order valence-electron chi connectivity index (χ1n) is 7.10. The third-order valence-corrected chi connectivity index (χ3v) is 3.40. The second-order valence-electron chi connectivity index (χ2n) is 4.99. The number of benzene rings is 2. The lowest BCUT2D eigenvalue weighted by Crippen LogP contribution is -1.97. The highest BCUT2D eigenvalue weighted by Crippen LogP contribution is 2.29. The summed E-state index contributed by atoms with van der Waals surface area (Å²) in [6, 6.07) is 11.7. The van der Waals surface area contributed by atoms with Crippen molar-refractivity contribution in [2.45, 2.75) is 0 Å². The van der Waals surface area contributed by atoms with Crippen molar-refractivity contribution in [3.63, 3.8) is 0 Å². The van der Waals surface area contributed by atoms with Crippen LogP contribution in [0.2, 0.25) is 0 Å². The number of aromatic amines is 1. The maximum absolute atomic E-state index is 13.8. The fourth-order valence-corrected chi connectivity index (χ4v) is 2.24. The molecule has 5 nitrogen and oxygen atoms in total. The van der Waals surface area contributed by atoms with Crippen LogP contribution in [0.4, 0.5) is 8.78 Å². The number of halogens is 2. The number of ether oxygens (including phenoxy) is 1. The summed E-state index contributed by atoms with van der Waals surface area (Å²) in [5, 5.41) is 0. The van der Waals surface area contributed by atoms with E-state index in [1.807, 2.05) is 0 Å². The van der Waals surface area contributed by atoms with Crippen LogP contribution < -0.4 is 4.74 Å².